The van der Waals surface area contributed by atoms with Crippen molar-refractivity contribution in [3.05, 3.63) is 33.9 Å². The highest BCUT2D eigenvalue weighted by Gasteiger charge is 2.13. The van der Waals surface area contributed by atoms with Crippen LogP contribution in [0.5, 0.6) is 5.75 Å². The Labute approximate surface area is 105 Å². The first-order chi connectivity index (χ1) is 8.58. The summed E-state index contributed by atoms with van der Waals surface area (Å²) < 4.78 is 9.96. The summed E-state index contributed by atoms with van der Waals surface area (Å²) in [6, 6.07) is 4.43. The van der Waals surface area contributed by atoms with Gasteiger partial charge in [0.1, 0.15) is 5.75 Å². The number of rotatable bonds is 7. The normalized spacial score (nSPS) is 12.2. The molecule has 0 aliphatic heterocycles. The third-order valence-corrected chi connectivity index (χ3v) is 2.58. The average molecular weight is 255 g/mol. The average Bonchev–Trinajstić information content (AvgIpc) is 2.36. The maximum absolute atomic E-state index is 10.7. The number of ether oxygens (including phenoxy) is 2. The van der Waals surface area contributed by atoms with Crippen molar-refractivity contribution in [1.82, 2.24) is 0 Å². The van der Waals surface area contributed by atoms with E-state index in [1.54, 1.807) is 6.07 Å². The van der Waals surface area contributed by atoms with Crippen LogP contribution in [-0.2, 0) is 11.2 Å². The van der Waals surface area contributed by atoms with Crippen LogP contribution in [0.1, 0.15) is 12.0 Å². The smallest absolute Gasteiger partial charge is 0.269 e. The van der Waals surface area contributed by atoms with Gasteiger partial charge in [-0.15, -0.1) is 0 Å². The summed E-state index contributed by atoms with van der Waals surface area (Å²) >= 11 is 0. The van der Waals surface area contributed by atoms with Gasteiger partial charge in [0.2, 0.25) is 0 Å². The standard InChI is InChI=1S/C12H17NO5/c1-17-8-11(14)5-3-9-7-10(13(15)16)4-6-12(9)18-2/h4,6-7,11,14H,3,5,8H2,1-2H3. The van der Waals surface area contributed by atoms with E-state index >= 15 is 0 Å². The third-order valence-electron chi connectivity index (χ3n) is 2.58. The van der Waals surface area contributed by atoms with Gasteiger partial charge in [0.25, 0.3) is 5.69 Å². The molecule has 0 radical (unpaired) electrons. The molecule has 1 aromatic rings. The largest absolute Gasteiger partial charge is 0.496 e. The van der Waals surface area contributed by atoms with Crippen molar-refractivity contribution in [3.63, 3.8) is 0 Å². The Balaban J connectivity index is 2.78. The van der Waals surface area contributed by atoms with Gasteiger partial charge in [0.15, 0.2) is 0 Å². The van der Waals surface area contributed by atoms with Crippen LogP contribution in [0.2, 0.25) is 0 Å². The van der Waals surface area contributed by atoms with E-state index in [1.807, 2.05) is 0 Å². The number of hydrogen-bond acceptors (Lipinski definition) is 5. The van der Waals surface area contributed by atoms with Gasteiger partial charge in [0, 0.05) is 24.8 Å². The lowest BCUT2D eigenvalue weighted by atomic mass is 10.1. The molecule has 1 unspecified atom stereocenters. The number of nitrogens with zero attached hydrogens (tertiary/aromatic N) is 1. The van der Waals surface area contributed by atoms with E-state index in [-0.39, 0.29) is 12.3 Å². The zero-order valence-electron chi connectivity index (χ0n) is 10.5. The van der Waals surface area contributed by atoms with Gasteiger partial charge in [-0.25, -0.2) is 0 Å². The zero-order chi connectivity index (χ0) is 13.5. The molecular weight excluding hydrogens is 238 g/mol. The van der Waals surface area contributed by atoms with Crippen LogP contribution >= 0.6 is 0 Å². The summed E-state index contributed by atoms with van der Waals surface area (Å²) in [5.41, 5.74) is 0.730. The van der Waals surface area contributed by atoms with Crippen molar-refractivity contribution in [2.24, 2.45) is 0 Å². The number of nitro groups is 1. The van der Waals surface area contributed by atoms with E-state index in [0.29, 0.717) is 24.2 Å². The quantitative estimate of drug-likeness (QED) is 0.590. The number of hydrogen-bond donors (Lipinski definition) is 1. The number of aliphatic hydroxyl groups excluding tert-OH is 1. The number of non-ortho nitro benzene ring substituents is 1. The monoisotopic (exact) mass is 255 g/mol. The first-order valence-corrected chi connectivity index (χ1v) is 5.56. The highest BCUT2D eigenvalue weighted by Crippen LogP contribution is 2.25. The number of aliphatic hydroxyl groups is 1. The molecule has 0 heterocycles. The summed E-state index contributed by atoms with van der Waals surface area (Å²) in [6.45, 7) is 0.247. The molecule has 0 fully saturated rings. The second kappa shape index (κ2) is 6.93. The summed E-state index contributed by atoms with van der Waals surface area (Å²) in [5.74, 6) is 0.588. The maximum atomic E-state index is 10.7. The van der Waals surface area contributed by atoms with Crippen molar-refractivity contribution < 1.29 is 19.5 Å². The molecule has 1 rings (SSSR count). The van der Waals surface area contributed by atoms with Crippen LogP contribution in [0.3, 0.4) is 0 Å². The van der Waals surface area contributed by atoms with Crippen molar-refractivity contribution in [2.75, 3.05) is 20.8 Å². The molecule has 0 aromatic heterocycles. The maximum Gasteiger partial charge on any atom is 0.269 e. The number of nitro benzene ring substituents is 1. The Morgan fingerprint density at radius 1 is 1.44 bits per heavy atom. The minimum atomic E-state index is -0.584. The molecule has 0 saturated carbocycles. The van der Waals surface area contributed by atoms with Crippen LogP contribution in [0.15, 0.2) is 18.2 Å². The SMILES string of the molecule is COCC(O)CCc1cc([N+](=O)[O-])ccc1OC. The van der Waals surface area contributed by atoms with E-state index in [2.05, 4.69) is 0 Å². The van der Waals surface area contributed by atoms with E-state index in [1.165, 1.54) is 26.4 Å². The van der Waals surface area contributed by atoms with Crippen LogP contribution in [-0.4, -0.2) is 37.0 Å². The van der Waals surface area contributed by atoms with Crippen molar-refractivity contribution in [2.45, 2.75) is 18.9 Å². The fraction of sp³-hybridized carbons (Fsp3) is 0.500. The van der Waals surface area contributed by atoms with Gasteiger partial charge in [-0.2, -0.15) is 0 Å². The van der Waals surface area contributed by atoms with Crippen molar-refractivity contribution >= 4 is 5.69 Å². The second-order valence-corrected chi connectivity index (χ2v) is 3.90. The third kappa shape index (κ3) is 3.97. The summed E-state index contributed by atoms with van der Waals surface area (Å²) in [5, 5.41) is 20.2. The Kier molecular flexibility index (Phi) is 5.54. The van der Waals surface area contributed by atoms with Crippen LogP contribution in [0.25, 0.3) is 0 Å². The van der Waals surface area contributed by atoms with Gasteiger partial charge in [-0.1, -0.05) is 0 Å². The molecule has 1 aromatic carbocycles. The minimum absolute atomic E-state index is 0.0204. The van der Waals surface area contributed by atoms with Crippen LogP contribution < -0.4 is 4.74 Å². The molecule has 0 aliphatic carbocycles. The molecule has 6 heteroatoms. The summed E-state index contributed by atoms with van der Waals surface area (Å²) in [7, 11) is 3.02. The fourth-order valence-electron chi connectivity index (χ4n) is 1.67. The number of methoxy groups -OCH3 is 2. The summed E-state index contributed by atoms with van der Waals surface area (Å²) in [4.78, 5) is 10.2. The van der Waals surface area contributed by atoms with Gasteiger partial charge in [0.05, 0.1) is 24.7 Å². The highest BCUT2D eigenvalue weighted by atomic mass is 16.6. The van der Waals surface area contributed by atoms with Crippen LogP contribution in [0, 0.1) is 10.1 Å². The fourth-order valence-corrected chi connectivity index (χ4v) is 1.67. The topological polar surface area (TPSA) is 81.8 Å². The Hall–Kier alpha value is -1.66. The van der Waals surface area contributed by atoms with Crippen molar-refractivity contribution in [3.8, 4) is 5.75 Å². The van der Waals surface area contributed by atoms with Gasteiger partial charge in [-0.05, 0) is 18.9 Å². The van der Waals surface area contributed by atoms with Crippen molar-refractivity contribution in [1.29, 1.82) is 0 Å². The molecule has 6 nitrogen and oxygen atoms in total. The molecule has 18 heavy (non-hydrogen) atoms. The molecule has 0 spiro atoms. The molecule has 100 valence electrons. The first kappa shape index (κ1) is 14.4. The number of benzene rings is 1. The van der Waals surface area contributed by atoms with Gasteiger partial charge in [-0.3, -0.25) is 10.1 Å². The van der Waals surface area contributed by atoms with E-state index in [9.17, 15) is 15.2 Å². The first-order valence-electron chi connectivity index (χ1n) is 5.56. The molecule has 0 amide bonds. The second-order valence-electron chi connectivity index (χ2n) is 3.90. The Morgan fingerprint density at radius 3 is 2.72 bits per heavy atom. The highest BCUT2D eigenvalue weighted by molar-refractivity contribution is 5.43. The molecule has 1 N–H and O–H groups in total. The number of aryl methyl sites for hydroxylation is 1. The van der Waals surface area contributed by atoms with Gasteiger partial charge >= 0.3 is 0 Å². The van der Waals surface area contributed by atoms with E-state index in [0.717, 1.165) is 0 Å². The Morgan fingerprint density at radius 2 is 2.17 bits per heavy atom. The Bertz CT molecular complexity index is 407. The predicted molar refractivity (Wildman–Crippen MR) is 65.9 cm³/mol. The molecule has 0 bridgehead atoms. The predicted octanol–water partition coefficient (Wildman–Crippen LogP) is 1.54. The van der Waals surface area contributed by atoms with E-state index < -0.39 is 11.0 Å². The molecule has 0 aliphatic rings. The van der Waals surface area contributed by atoms with Crippen LogP contribution in [0.4, 0.5) is 5.69 Å². The van der Waals surface area contributed by atoms with Gasteiger partial charge < -0.3 is 14.6 Å². The molecule has 1 atom stereocenters. The molecule has 0 saturated heterocycles. The zero-order valence-corrected chi connectivity index (χ0v) is 10.5. The lowest BCUT2D eigenvalue weighted by Gasteiger charge is -2.11. The minimum Gasteiger partial charge on any atom is -0.496 e. The summed E-state index contributed by atoms with van der Waals surface area (Å²) in [6.07, 6.45) is 0.375. The van der Waals surface area contributed by atoms with E-state index in [4.69, 9.17) is 9.47 Å². The lowest BCUT2D eigenvalue weighted by Crippen LogP contribution is -2.14. The molecular formula is C12H17NO5. The lowest BCUT2D eigenvalue weighted by molar-refractivity contribution is -0.384.